The largest absolute Gasteiger partial charge is 0.503 e. The normalized spacial score (nSPS) is 21.6. The first-order valence-electron chi connectivity index (χ1n) is 11.9. The molecule has 36 heavy (non-hydrogen) atoms. The molecule has 0 unspecified atom stereocenters. The maximum atomic E-state index is 13.8. The van der Waals surface area contributed by atoms with Gasteiger partial charge in [-0.2, -0.15) is 11.8 Å². The first-order valence-corrected chi connectivity index (χ1v) is 13.8. The van der Waals surface area contributed by atoms with Gasteiger partial charge in [-0.1, -0.05) is 13.8 Å². The van der Waals surface area contributed by atoms with Crippen molar-refractivity contribution in [3.63, 3.8) is 0 Å². The van der Waals surface area contributed by atoms with E-state index in [-0.39, 0.29) is 29.6 Å². The highest BCUT2D eigenvalue weighted by molar-refractivity contribution is 9.10. The van der Waals surface area contributed by atoms with E-state index in [1.165, 1.54) is 7.11 Å². The van der Waals surface area contributed by atoms with Crippen molar-refractivity contribution in [3.8, 4) is 11.5 Å². The zero-order valence-electron chi connectivity index (χ0n) is 21.1. The number of methoxy groups -OCH3 is 1. The fourth-order valence-electron chi connectivity index (χ4n) is 4.73. The lowest BCUT2D eigenvalue weighted by atomic mass is 9.69. The van der Waals surface area contributed by atoms with Gasteiger partial charge >= 0.3 is 11.9 Å². The lowest BCUT2D eigenvalue weighted by Crippen LogP contribution is -2.43. The van der Waals surface area contributed by atoms with E-state index in [0.29, 0.717) is 45.8 Å². The van der Waals surface area contributed by atoms with Crippen LogP contribution in [0.2, 0.25) is 0 Å². The number of Topliss-reactive ketones (excluding diaryl/α,β-unsaturated/α-hetero) is 1. The predicted molar refractivity (Wildman–Crippen MR) is 141 cm³/mol. The molecule has 0 aromatic heterocycles. The van der Waals surface area contributed by atoms with E-state index in [2.05, 4.69) is 21.2 Å². The van der Waals surface area contributed by atoms with Crippen molar-refractivity contribution in [1.82, 2.24) is 5.32 Å². The second-order valence-electron chi connectivity index (χ2n) is 8.65. The number of allylic oxidation sites excluding steroid dienone is 3. The molecule has 2 aliphatic rings. The molecule has 3 atom stereocenters. The molecule has 2 N–H and O–H groups in total. The first-order chi connectivity index (χ1) is 17.2. The minimum absolute atomic E-state index is 0.0822. The van der Waals surface area contributed by atoms with Crippen LogP contribution in [0.15, 0.2) is 39.1 Å². The van der Waals surface area contributed by atoms with Gasteiger partial charge in [-0.15, -0.1) is 0 Å². The summed E-state index contributed by atoms with van der Waals surface area (Å²) in [5, 5.41) is 13.7. The quantitative estimate of drug-likeness (QED) is 0.248. The molecule has 0 spiro atoms. The monoisotopic (exact) mass is 581 g/mol. The topological polar surface area (TPSA) is 111 Å². The van der Waals surface area contributed by atoms with Crippen molar-refractivity contribution in [3.05, 3.63) is 44.7 Å². The molecule has 196 valence electrons. The van der Waals surface area contributed by atoms with E-state index in [4.69, 9.17) is 14.2 Å². The highest BCUT2D eigenvalue weighted by Crippen LogP contribution is 2.48. The number of carbonyl (C=O) groups is 3. The molecule has 0 amide bonds. The molecule has 3 rings (SSSR count). The number of phenolic OH excluding ortho intramolecular Hbond substituents is 1. The highest BCUT2D eigenvalue weighted by Gasteiger charge is 2.47. The summed E-state index contributed by atoms with van der Waals surface area (Å²) in [7, 11) is 1.26. The van der Waals surface area contributed by atoms with Crippen LogP contribution in [-0.2, 0) is 23.9 Å². The molecule has 1 heterocycles. The summed E-state index contributed by atoms with van der Waals surface area (Å²) in [6.45, 7) is 7.96. The molecule has 1 aromatic rings. The Labute approximate surface area is 223 Å². The smallest absolute Gasteiger partial charge is 0.336 e. The molecule has 0 saturated heterocycles. The SMILES string of the molecule is CCOc1cc([C@@H]2C(C(=O)OCCSCC)=C(C)NC3=C2C(=O)[C@H](C(=O)OC)[C@H](C)C3)cc(Br)c1O. The van der Waals surface area contributed by atoms with Crippen LogP contribution in [0.3, 0.4) is 0 Å². The molecule has 8 nitrogen and oxygen atoms in total. The van der Waals surface area contributed by atoms with E-state index in [9.17, 15) is 19.5 Å². The maximum absolute atomic E-state index is 13.8. The highest BCUT2D eigenvalue weighted by atomic mass is 79.9. The van der Waals surface area contributed by atoms with Gasteiger partial charge in [-0.05, 0) is 65.6 Å². The van der Waals surface area contributed by atoms with E-state index >= 15 is 0 Å². The number of ketones is 1. The molecule has 1 aliphatic heterocycles. The zero-order valence-corrected chi connectivity index (χ0v) is 23.5. The van der Waals surface area contributed by atoms with Gasteiger partial charge < -0.3 is 24.6 Å². The van der Waals surface area contributed by atoms with Crippen molar-refractivity contribution in [2.24, 2.45) is 11.8 Å². The second kappa shape index (κ2) is 12.2. The summed E-state index contributed by atoms with van der Waals surface area (Å²) < 4.78 is 16.5. The lowest BCUT2D eigenvalue weighted by molar-refractivity contribution is -0.151. The minimum atomic E-state index is -0.985. The summed E-state index contributed by atoms with van der Waals surface area (Å²) in [4.78, 5) is 39.8. The maximum Gasteiger partial charge on any atom is 0.336 e. The molecule has 1 aromatic carbocycles. The average molecular weight is 583 g/mol. The predicted octanol–water partition coefficient (Wildman–Crippen LogP) is 4.46. The van der Waals surface area contributed by atoms with Crippen LogP contribution in [0.4, 0.5) is 0 Å². The van der Waals surface area contributed by atoms with Crippen LogP contribution in [0.25, 0.3) is 0 Å². The number of carbonyl (C=O) groups excluding carboxylic acids is 3. The third-order valence-corrected chi connectivity index (χ3v) is 7.78. The number of nitrogens with one attached hydrogen (secondary N) is 1. The van der Waals surface area contributed by atoms with Gasteiger partial charge in [0.05, 0.1) is 23.8 Å². The van der Waals surface area contributed by atoms with Gasteiger partial charge in [0.2, 0.25) is 0 Å². The Bertz CT molecular complexity index is 1110. The molecule has 0 fully saturated rings. The van der Waals surface area contributed by atoms with Gasteiger partial charge in [0.1, 0.15) is 12.5 Å². The average Bonchev–Trinajstić information content (AvgIpc) is 2.83. The Morgan fingerprint density at radius 3 is 2.64 bits per heavy atom. The van der Waals surface area contributed by atoms with Crippen LogP contribution in [-0.4, -0.2) is 54.7 Å². The molecular weight excluding hydrogens is 550 g/mol. The van der Waals surface area contributed by atoms with Gasteiger partial charge in [0.15, 0.2) is 17.3 Å². The number of hydrogen-bond acceptors (Lipinski definition) is 9. The fraction of sp³-hybridized carbons (Fsp3) is 0.500. The molecule has 1 aliphatic carbocycles. The second-order valence-corrected chi connectivity index (χ2v) is 10.9. The van der Waals surface area contributed by atoms with Crippen LogP contribution in [0, 0.1) is 11.8 Å². The molecule has 10 heteroatoms. The van der Waals surface area contributed by atoms with Crippen LogP contribution < -0.4 is 10.1 Å². The number of thioether (sulfide) groups is 1. The van der Waals surface area contributed by atoms with Gasteiger partial charge in [0.25, 0.3) is 0 Å². The summed E-state index contributed by atoms with van der Waals surface area (Å²) in [6.07, 6.45) is 0.432. The summed E-state index contributed by atoms with van der Waals surface area (Å²) >= 11 is 5.02. The standard InChI is InChI=1S/C26H32BrNO7S/c1-6-34-18-12-15(11-16(27)23(18)29)21-20(26(32)35-8-9-36-7-2)14(4)28-17-10-13(3)19(25(31)33-5)24(30)22(17)21/h11-13,19,21,28-29H,6-10H2,1-5H3/t13-,19-,21-/m1/s1. The van der Waals surface area contributed by atoms with E-state index in [0.717, 1.165) is 5.75 Å². The van der Waals surface area contributed by atoms with E-state index in [1.54, 1.807) is 37.7 Å². The van der Waals surface area contributed by atoms with Crippen molar-refractivity contribution in [1.29, 1.82) is 0 Å². The van der Waals surface area contributed by atoms with Gasteiger partial charge in [-0.3, -0.25) is 9.59 Å². The summed E-state index contributed by atoms with van der Waals surface area (Å²) in [6, 6.07) is 3.28. The molecule has 0 bridgehead atoms. The number of esters is 2. The van der Waals surface area contributed by atoms with Crippen LogP contribution >= 0.6 is 27.7 Å². The van der Waals surface area contributed by atoms with Crippen molar-refractivity contribution in [2.75, 3.05) is 31.8 Å². The molecule has 0 saturated carbocycles. The Hall–Kier alpha value is -2.46. The van der Waals surface area contributed by atoms with Crippen molar-refractivity contribution >= 4 is 45.4 Å². The number of benzene rings is 1. The van der Waals surface area contributed by atoms with Crippen LogP contribution in [0.5, 0.6) is 11.5 Å². The Morgan fingerprint density at radius 2 is 2.00 bits per heavy atom. The molecular formula is C26H32BrNO7S. The lowest BCUT2D eigenvalue weighted by Gasteiger charge is -2.38. The molecule has 0 radical (unpaired) electrons. The summed E-state index contributed by atoms with van der Waals surface area (Å²) in [5.41, 5.74) is 2.39. The van der Waals surface area contributed by atoms with E-state index < -0.39 is 29.6 Å². The summed E-state index contributed by atoms with van der Waals surface area (Å²) in [5.74, 6) is -1.94. The van der Waals surface area contributed by atoms with Gasteiger partial charge in [-0.25, -0.2) is 4.79 Å². The number of ether oxygens (including phenoxy) is 3. The number of aromatic hydroxyl groups is 1. The first kappa shape index (κ1) is 28.1. The fourth-order valence-corrected chi connectivity index (χ4v) is 5.68. The number of hydrogen-bond donors (Lipinski definition) is 2. The number of halogens is 1. The minimum Gasteiger partial charge on any atom is -0.503 e. The zero-order chi connectivity index (χ0) is 26.6. The van der Waals surface area contributed by atoms with Crippen molar-refractivity contribution < 1.29 is 33.7 Å². The third kappa shape index (κ3) is 5.59. The Balaban J connectivity index is 2.17. The Kier molecular flexibility index (Phi) is 9.52. The van der Waals surface area contributed by atoms with Crippen LogP contribution in [0.1, 0.15) is 45.6 Å². The number of rotatable bonds is 9. The van der Waals surface area contributed by atoms with Crippen molar-refractivity contribution in [2.45, 2.75) is 40.0 Å². The van der Waals surface area contributed by atoms with Gasteiger partial charge in [0, 0.05) is 28.6 Å². The number of phenols is 1. The van der Waals surface area contributed by atoms with E-state index in [1.807, 2.05) is 13.8 Å². The third-order valence-electron chi connectivity index (χ3n) is 6.31. The number of dihydropyridines is 1. The Morgan fingerprint density at radius 1 is 1.28 bits per heavy atom.